The van der Waals surface area contributed by atoms with Crippen molar-refractivity contribution in [2.24, 2.45) is 5.73 Å². The van der Waals surface area contributed by atoms with Gasteiger partial charge in [0.05, 0.1) is 0 Å². The molecule has 1 aromatic rings. The summed E-state index contributed by atoms with van der Waals surface area (Å²) < 4.78 is 13.7. The molecule has 1 aromatic carbocycles. The van der Waals surface area contributed by atoms with Gasteiger partial charge < -0.3 is 5.73 Å². The van der Waals surface area contributed by atoms with Gasteiger partial charge in [-0.2, -0.15) is 0 Å². The van der Waals surface area contributed by atoms with Gasteiger partial charge in [0.15, 0.2) is 0 Å². The van der Waals surface area contributed by atoms with Gasteiger partial charge in [0.2, 0.25) is 0 Å². The molecular weight excluding hydrogens is 209 g/mol. The summed E-state index contributed by atoms with van der Waals surface area (Å²) in [5.74, 6) is -0.255. The third-order valence-corrected chi connectivity index (χ3v) is 1.95. The predicted octanol–water partition coefficient (Wildman–Crippen LogP) is 2.61. The van der Waals surface area contributed by atoms with E-state index in [0.29, 0.717) is 5.56 Å². The molecule has 60 valence electrons. The van der Waals surface area contributed by atoms with Crippen LogP contribution in [-0.4, -0.2) is 0 Å². The number of benzene rings is 1. The summed E-state index contributed by atoms with van der Waals surface area (Å²) in [6.07, 6.45) is 0. The molecule has 0 saturated carbocycles. The van der Waals surface area contributed by atoms with Gasteiger partial charge >= 0.3 is 0 Å². The first-order valence-corrected chi connectivity index (χ1v) is 4.11. The highest BCUT2D eigenvalue weighted by molar-refractivity contribution is 9.10. The van der Waals surface area contributed by atoms with E-state index in [0.717, 1.165) is 4.47 Å². The average molecular weight is 218 g/mol. The van der Waals surface area contributed by atoms with Crippen LogP contribution in [0.1, 0.15) is 18.5 Å². The largest absolute Gasteiger partial charge is 0.324 e. The third-order valence-electron chi connectivity index (χ3n) is 1.45. The summed E-state index contributed by atoms with van der Waals surface area (Å²) in [7, 11) is 0. The quantitative estimate of drug-likeness (QED) is 0.770. The van der Waals surface area contributed by atoms with E-state index < -0.39 is 0 Å². The second kappa shape index (κ2) is 3.32. The SMILES string of the molecule is C[C@H](N)c1ccc(Br)cc1F. The number of rotatable bonds is 1. The maximum Gasteiger partial charge on any atom is 0.129 e. The molecule has 2 N–H and O–H groups in total. The van der Waals surface area contributed by atoms with E-state index in [1.165, 1.54) is 6.07 Å². The molecule has 3 heteroatoms. The standard InChI is InChI=1S/C8H9BrFN/c1-5(11)7-3-2-6(9)4-8(7)10/h2-5H,11H2,1H3/t5-/m0/s1. The Morgan fingerprint density at radius 2 is 2.18 bits per heavy atom. The summed E-state index contributed by atoms with van der Waals surface area (Å²) in [5, 5.41) is 0. The minimum absolute atomic E-state index is 0.247. The summed E-state index contributed by atoms with van der Waals surface area (Å²) in [6.45, 7) is 1.76. The lowest BCUT2D eigenvalue weighted by Gasteiger charge is -2.06. The van der Waals surface area contributed by atoms with Crippen molar-refractivity contribution in [1.82, 2.24) is 0 Å². The van der Waals surface area contributed by atoms with E-state index in [2.05, 4.69) is 15.9 Å². The molecule has 0 aliphatic rings. The van der Waals surface area contributed by atoms with Crippen LogP contribution in [0.15, 0.2) is 22.7 Å². The highest BCUT2D eigenvalue weighted by atomic mass is 79.9. The van der Waals surface area contributed by atoms with Crippen LogP contribution in [0.3, 0.4) is 0 Å². The Labute approximate surface area is 73.5 Å². The van der Waals surface area contributed by atoms with Crippen molar-refractivity contribution in [3.05, 3.63) is 34.1 Å². The Balaban J connectivity index is 3.09. The molecule has 1 atom stereocenters. The number of halogens is 2. The van der Waals surface area contributed by atoms with Crippen LogP contribution < -0.4 is 5.73 Å². The van der Waals surface area contributed by atoms with Gasteiger partial charge in [0.25, 0.3) is 0 Å². The molecule has 11 heavy (non-hydrogen) atoms. The van der Waals surface area contributed by atoms with Crippen molar-refractivity contribution < 1.29 is 4.39 Å². The van der Waals surface area contributed by atoms with Gasteiger partial charge in [-0.1, -0.05) is 22.0 Å². The first-order valence-electron chi connectivity index (χ1n) is 3.32. The lowest BCUT2D eigenvalue weighted by Crippen LogP contribution is -2.06. The molecule has 0 radical (unpaired) electrons. The molecule has 0 aliphatic heterocycles. The second-order valence-corrected chi connectivity index (χ2v) is 3.37. The molecule has 1 nitrogen and oxygen atoms in total. The Morgan fingerprint density at radius 3 is 2.64 bits per heavy atom. The molecule has 0 amide bonds. The predicted molar refractivity (Wildman–Crippen MR) is 46.7 cm³/mol. The van der Waals surface area contributed by atoms with Crippen molar-refractivity contribution in [2.45, 2.75) is 13.0 Å². The van der Waals surface area contributed by atoms with Crippen LogP contribution in [0.5, 0.6) is 0 Å². The van der Waals surface area contributed by atoms with Gasteiger partial charge in [0, 0.05) is 16.1 Å². The highest BCUT2D eigenvalue weighted by Gasteiger charge is 2.05. The molecule has 0 saturated heterocycles. The number of hydrogen-bond acceptors (Lipinski definition) is 1. The van der Waals surface area contributed by atoms with Crippen molar-refractivity contribution in [2.75, 3.05) is 0 Å². The van der Waals surface area contributed by atoms with Crippen LogP contribution in [0.25, 0.3) is 0 Å². The first kappa shape index (κ1) is 8.68. The van der Waals surface area contributed by atoms with Crippen LogP contribution in [0, 0.1) is 5.82 Å². The topological polar surface area (TPSA) is 26.0 Å². The summed E-state index contributed by atoms with van der Waals surface area (Å²) in [4.78, 5) is 0. The fraction of sp³-hybridized carbons (Fsp3) is 0.250. The summed E-state index contributed by atoms with van der Waals surface area (Å²) in [5.41, 5.74) is 6.06. The van der Waals surface area contributed by atoms with Crippen molar-refractivity contribution in [1.29, 1.82) is 0 Å². The number of hydrogen-bond donors (Lipinski definition) is 1. The molecule has 0 fully saturated rings. The fourth-order valence-corrected chi connectivity index (χ4v) is 1.20. The molecule has 0 spiro atoms. The minimum Gasteiger partial charge on any atom is -0.324 e. The highest BCUT2D eigenvalue weighted by Crippen LogP contribution is 2.18. The van der Waals surface area contributed by atoms with E-state index >= 15 is 0 Å². The van der Waals surface area contributed by atoms with E-state index in [-0.39, 0.29) is 11.9 Å². The monoisotopic (exact) mass is 217 g/mol. The Morgan fingerprint density at radius 1 is 1.55 bits per heavy atom. The van der Waals surface area contributed by atoms with Crippen LogP contribution >= 0.6 is 15.9 Å². The maximum absolute atomic E-state index is 13.0. The van der Waals surface area contributed by atoms with Gasteiger partial charge in [-0.05, 0) is 19.1 Å². The lowest BCUT2D eigenvalue weighted by atomic mass is 10.1. The minimum atomic E-state index is -0.255. The van der Waals surface area contributed by atoms with E-state index in [1.54, 1.807) is 19.1 Å². The van der Waals surface area contributed by atoms with Gasteiger partial charge in [-0.3, -0.25) is 0 Å². The molecule has 0 aromatic heterocycles. The average Bonchev–Trinajstić information content (AvgIpc) is 1.85. The molecule has 0 aliphatic carbocycles. The Bertz CT molecular complexity index is 260. The molecular formula is C8H9BrFN. The van der Waals surface area contributed by atoms with Crippen LogP contribution in [-0.2, 0) is 0 Å². The fourth-order valence-electron chi connectivity index (χ4n) is 0.871. The first-order chi connectivity index (χ1) is 5.11. The zero-order chi connectivity index (χ0) is 8.43. The summed E-state index contributed by atoms with van der Waals surface area (Å²) in [6, 6.07) is 4.63. The molecule has 0 heterocycles. The molecule has 0 unspecified atom stereocenters. The van der Waals surface area contributed by atoms with E-state index in [4.69, 9.17) is 5.73 Å². The second-order valence-electron chi connectivity index (χ2n) is 2.45. The summed E-state index contributed by atoms with van der Waals surface area (Å²) >= 11 is 3.16. The van der Waals surface area contributed by atoms with Gasteiger partial charge in [-0.15, -0.1) is 0 Å². The van der Waals surface area contributed by atoms with Gasteiger partial charge in [0.1, 0.15) is 5.82 Å². The van der Waals surface area contributed by atoms with Crippen molar-refractivity contribution in [3.63, 3.8) is 0 Å². The van der Waals surface area contributed by atoms with E-state index in [9.17, 15) is 4.39 Å². The van der Waals surface area contributed by atoms with E-state index in [1.807, 2.05) is 0 Å². The zero-order valence-corrected chi connectivity index (χ0v) is 7.73. The van der Waals surface area contributed by atoms with Crippen molar-refractivity contribution in [3.8, 4) is 0 Å². The zero-order valence-electron chi connectivity index (χ0n) is 6.14. The molecule has 1 rings (SSSR count). The Hall–Kier alpha value is -0.410. The van der Waals surface area contributed by atoms with Crippen LogP contribution in [0.4, 0.5) is 4.39 Å². The lowest BCUT2D eigenvalue weighted by molar-refractivity contribution is 0.593. The Kier molecular flexibility index (Phi) is 2.62. The maximum atomic E-state index is 13.0. The molecule has 0 bridgehead atoms. The van der Waals surface area contributed by atoms with Crippen molar-refractivity contribution >= 4 is 15.9 Å². The smallest absolute Gasteiger partial charge is 0.129 e. The number of nitrogens with two attached hydrogens (primary N) is 1. The normalized spacial score (nSPS) is 13.1. The van der Waals surface area contributed by atoms with Crippen LogP contribution in [0.2, 0.25) is 0 Å². The van der Waals surface area contributed by atoms with Gasteiger partial charge in [-0.25, -0.2) is 4.39 Å². The third kappa shape index (κ3) is 2.01.